The summed E-state index contributed by atoms with van der Waals surface area (Å²) in [4.78, 5) is 0. The second-order valence-electron chi connectivity index (χ2n) is 5.90. The van der Waals surface area contributed by atoms with Crippen molar-refractivity contribution in [2.24, 2.45) is 0 Å². The summed E-state index contributed by atoms with van der Waals surface area (Å²) in [7, 11) is -3.93. The zero-order valence-electron chi connectivity index (χ0n) is 13.4. The van der Waals surface area contributed by atoms with Gasteiger partial charge in [-0.05, 0) is 41.3 Å². The zero-order valence-corrected chi connectivity index (χ0v) is 14.2. The van der Waals surface area contributed by atoms with E-state index in [9.17, 15) is 18.6 Å². The number of anilines is 1. The summed E-state index contributed by atoms with van der Waals surface area (Å²) in [5, 5.41) is 21.3. The number of unbranched alkanes of at least 4 members (excludes halogenated alkanes) is 2. The fourth-order valence-corrected chi connectivity index (χ4v) is 3.88. The Morgan fingerprint density at radius 1 is 1.08 bits per heavy atom. The van der Waals surface area contributed by atoms with E-state index >= 15 is 0 Å². The minimum absolute atomic E-state index is 0.102. The number of aliphatic hydroxyl groups is 1. The van der Waals surface area contributed by atoms with Gasteiger partial charge in [-0.2, -0.15) is 8.42 Å². The lowest BCUT2D eigenvalue weighted by atomic mass is 10.0. The third-order valence-electron chi connectivity index (χ3n) is 4.04. The fraction of sp³-hybridized carbons (Fsp3) is 0.294. The van der Waals surface area contributed by atoms with Crippen molar-refractivity contribution in [2.75, 3.05) is 4.31 Å². The van der Waals surface area contributed by atoms with Crippen molar-refractivity contribution in [3.8, 4) is 5.75 Å². The molecule has 1 aliphatic heterocycles. The van der Waals surface area contributed by atoms with Crippen LogP contribution in [-0.4, -0.2) is 18.6 Å². The first kappa shape index (κ1) is 16.4. The highest BCUT2D eigenvalue weighted by Gasteiger charge is 2.30. The van der Waals surface area contributed by atoms with Crippen molar-refractivity contribution in [3.63, 3.8) is 0 Å². The van der Waals surface area contributed by atoms with E-state index in [0.29, 0.717) is 0 Å². The minimum Gasteiger partial charge on any atom is -0.506 e. The van der Waals surface area contributed by atoms with Crippen LogP contribution < -0.4 is 9.03 Å². The van der Waals surface area contributed by atoms with Gasteiger partial charge in [0.2, 0.25) is 5.88 Å². The van der Waals surface area contributed by atoms with Crippen LogP contribution in [0.1, 0.15) is 31.7 Å². The Hall–Kier alpha value is -2.41. The van der Waals surface area contributed by atoms with Gasteiger partial charge in [0.25, 0.3) is 0 Å². The molecule has 1 heterocycles. The van der Waals surface area contributed by atoms with Gasteiger partial charge in [0, 0.05) is 0 Å². The van der Waals surface area contributed by atoms with E-state index < -0.39 is 16.1 Å². The number of hydrogen-bond donors (Lipinski definition) is 3. The van der Waals surface area contributed by atoms with Gasteiger partial charge in [0.1, 0.15) is 11.4 Å². The summed E-state index contributed by atoms with van der Waals surface area (Å²) in [6.07, 6.45) is 5.42. The number of benzene rings is 2. The predicted octanol–water partition coefficient (Wildman–Crippen LogP) is 3.29. The van der Waals surface area contributed by atoms with Crippen molar-refractivity contribution in [1.82, 2.24) is 4.72 Å². The van der Waals surface area contributed by atoms with Crippen LogP contribution in [-0.2, 0) is 16.6 Å². The number of aromatic hydroxyl groups is 1. The van der Waals surface area contributed by atoms with E-state index in [0.717, 1.165) is 40.5 Å². The van der Waals surface area contributed by atoms with Crippen LogP contribution in [0.5, 0.6) is 5.75 Å². The molecule has 0 saturated heterocycles. The van der Waals surface area contributed by atoms with E-state index in [-0.39, 0.29) is 11.4 Å². The second-order valence-corrected chi connectivity index (χ2v) is 7.44. The number of phenols is 1. The third kappa shape index (κ3) is 3.12. The van der Waals surface area contributed by atoms with Crippen LogP contribution in [0.15, 0.2) is 42.4 Å². The zero-order chi connectivity index (χ0) is 17.3. The molecule has 3 N–H and O–H groups in total. The molecule has 2 aromatic rings. The van der Waals surface area contributed by atoms with Gasteiger partial charge in [0.15, 0.2) is 0 Å². The maximum absolute atomic E-state index is 12.0. The minimum atomic E-state index is -3.93. The molecule has 0 amide bonds. The summed E-state index contributed by atoms with van der Waals surface area (Å²) >= 11 is 0. The molecule has 0 radical (unpaired) electrons. The Morgan fingerprint density at radius 3 is 2.54 bits per heavy atom. The molecule has 0 unspecified atom stereocenters. The maximum atomic E-state index is 12.0. The number of aryl methyl sites for hydroxylation is 1. The van der Waals surface area contributed by atoms with E-state index in [1.165, 1.54) is 18.1 Å². The highest BCUT2D eigenvalue weighted by atomic mass is 32.2. The molecule has 0 spiro atoms. The summed E-state index contributed by atoms with van der Waals surface area (Å²) in [5.41, 5.74) is 1.28. The SMILES string of the molecule is CCCCCc1ccc2cc(O)c(N3C=C(O)NS3(=O)=O)cc2c1. The first-order chi connectivity index (χ1) is 11.4. The number of hydrogen-bond acceptors (Lipinski definition) is 4. The highest BCUT2D eigenvalue weighted by molar-refractivity contribution is 7.91. The van der Waals surface area contributed by atoms with E-state index in [2.05, 4.69) is 6.92 Å². The van der Waals surface area contributed by atoms with Gasteiger partial charge < -0.3 is 10.2 Å². The van der Waals surface area contributed by atoms with Gasteiger partial charge in [-0.15, -0.1) is 0 Å². The third-order valence-corrected chi connectivity index (χ3v) is 5.32. The lowest BCUT2D eigenvalue weighted by molar-refractivity contribution is 0.392. The number of rotatable bonds is 5. The quantitative estimate of drug-likeness (QED) is 0.723. The lowest BCUT2D eigenvalue weighted by Gasteiger charge is -2.16. The van der Waals surface area contributed by atoms with Crippen LogP contribution in [0.25, 0.3) is 10.8 Å². The normalized spacial score (nSPS) is 16.2. The summed E-state index contributed by atoms with van der Waals surface area (Å²) in [6.45, 7) is 2.16. The van der Waals surface area contributed by atoms with E-state index in [1.807, 2.05) is 22.9 Å². The average Bonchev–Trinajstić information content (AvgIpc) is 2.79. The molecular weight excluding hydrogens is 328 g/mol. The van der Waals surface area contributed by atoms with Gasteiger partial charge >= 0.3 is 10.2 Å². The van der Waals surface area contributed by atoms with Gasteiger partial charge in [-0.1, -0.05) is 38.0 Å². The fourth-order valence-electron chi connectivity index (χ4n) is 2.82. The molecule has 3 rings (SSSR count). The number of phenolic OH excluding ortho intramolecular Hbond substituents is 1. The standard InChI is InChI=1S/C17H20N2O4S/c1-2-3-4-5-12-6-7-13-10-16(20)15(9-14(13)8-12)19-11-17(21)18-24(19,22)23/h6-11,18,20-21H,2-5H2,1H3. The van der Waals surface area contributed by atoms with Crippen molar-refractivity contribution in [2.45, 2.75) is 32.6 Å². The van der Waals surface area contributed by atoms with E-state index in [1.54, 1.807) is 6.07 Å². The molecule has 24 heavy (non-hydrogen) atoms. The van der Waals surface area contributed by atoms with Crippen molar-refractivity contribution >= 4 is 26.7 Å². The Kier molecular flexibility index (Phi) is 4.28. The average molecular weight is 348 g/mol. The summed E-state index contributed by atoms with van der Waals surface area (Å²) in [6, 6.07) is 9.09. The monoisotopic (exact) mass is 348 g/mol. The van der Waals surface area contributed by atoms with E-state index in [4.69, 9.17) is 0 Å². The predicted molar refractivity (Wildman–Crippen MR) is 94.1 cm³/mol. The van der Waals surface area contributed by atoms with Gasteiger partial charge in [0.05, 0.1) is 6.20 Å². The Morgan fingerprint density at radius 2 is 1.88 bits per heavy atom. The first-order valence-corrected chi connectivity index (χ1v) is 9.33. The Labute approximate surface area is 141 Å². The van der Waals surface area contributed by atoms with Gasteiger partial charge in [-0.3, -0.25) is 0 Å². The molecule has 0 saturated carbocycles. The molecule has 0 aromatic heterocycles. The number of fused-ring (bicyclic) bond motifs is 1. The van der Waals surface area contributed by atoms with Crippen LogP contribution >= 0.6 is 0 Å². The summed E-state index contributed by atoms with van der Waals surface area (Å²) in [5.74, 6) is -0.652. The van der Waals surface area contributed by atoms with Crippen molar-refractivity contribution in [1.29, 1.82) is 0 Å². The molecular formula is C17H20N2O4S. The van der Waals surface area contributed by atoms with Gasteiger partial charge in [-0.25, -0.2) is 9.03 Å². The van der Waals surface area contributed by atoms with Crippen LogP contribution in [0.4, 0.5) is 5.69 Å². The van der Waals surface area contributed by atoms with Crippen molar-refractivity contribution < 1.29 is 18.6 Å². The molecule has 0 fully saturated rings. The highest BCUT2D eigenvalue weighted by Crippen LogP contribution is 2.35. The number of nitrogens with zero attached hydrogens (tertiary/aromatic N) is 1. The number of nitrogens with one attached hydrogen (secondary N) is 1. The van der Waals surface area contributed by atoms with Crippen LogP contribution in [0, 0.1) is 0 Å². The molecule has 2 aromatic carbocycles. The molecule has 0 aliphatic carbocycles. The van der Waals surface area contributed by atoms with Crippen LogP contribution in [0.3, 0.4) is 0 Å². The molecule has 7 heteroatoms. The Balaban J connectivity index is 2.01. The molecule has 6 nitrogen and oxygen atoms in total. The van der Waals surface area contributed by atoms with Crippen molar-refractivity contribution in [3.05, 3.63) is 48.0 Å². The molecule has 0 atom stereocenters. The smallest absolute Gasteiger partial charge is 0.330 e. The molecule has 0 bridgehead atoms. The largest absolute Gasteiger partial charge is 0.506 e. The topological polar surface area (TPSA) is 89.9 Å². The Bertz CT molecular complexity index is 906. The molecule has 1 aliphatic rings. The van der Waals surface area contributed by atoms with Crippen LogP contribution in [0.2, 0.25) is 0 Å². The second kappa shape index (κ2) is 6.24. The summed E-state index contributed by atoms with van der Waals surface area (Å²) < 4.78 is 26.8. The lowest BCUT2D eigenvalue weighted by Crippen LogP contribution is -2.29. The molecule has 128 valence electrons. The number of aliphatic hydroxyl groups excluding tert-OH is 1. The first-order valence-electron chi connectivity index (χ1n) is 7.89. The maximum Gasteiger partial charge on any atom is 0.330 e.